The molecule has 0 saturated carbocycles. The number of amides is 1. The van der Waals surface area contributed by atoms with Crippen LogP contribution in [-0.2, 0) is 4.79 Å². The smallest absolute Gasteiger partial charge is 0.234 e. The van der Waals surface area contributed by atoms with Crippen LogP contribution in [0.15, 0.2) is 0 Å². The number of rotatable bonds is 4. The zero-order valence-corrected chi connectivity index (χ0v) is 11.5. The predicted molar refractivity (Wildman–Crippen MR) is 72.0 cm³/mol. The number of hydrogen-bond donors (Lipinski definition) is 2. The van der Waals surface area contributed by atoms with Crippen LogP contribution in [0.2, 0.25) is 0 Å². The Hall–Kier alpha value is -0.650. The van der Waals surface area contributed by atoms with Gasteiger partial charge in [0, 0.05) is 32.6 Å². The quantitative estimate of drug-likeness (QED) is 0.744. The molecule has 18 heavy (non-hydrogen) atoms. The number of likely N-dealkylation sites (N-methyl/N-ethyl adjacent to an activating group) is 1. The summed E-state index contributed by atoms with van der Waals surface area (Å²) >= 11 is 0. The Morgan fingerprint density at radius 3 is 2.56 bits per heavy atom. The Kier molecular flexibility index (Phi) is 5.41. The van der Waals surface area contributed by atoms with Crippen molar-refractivity contribution in [3.05, 3.63) is 0 Å². The van der Waals surface area contributed by atoms with Gasteiger partial charge in [-0.25, -0.2) is 5.01 Å². The second-order valence-corrected chi connectivity index (χ2v) is 5.56. The van der Waals surface area contributed by atoms with E-state index in [1.807, 2.05) is 0 Å². The maximum atomic E-state index is 11.9. The molecule has 5 heteroatoms. The Morgan fingerprint density at radius 2 is 1.89 bits per heavy atom. The van der Waals surface area contributed by atoms with Gasteiger partial charge in [0.15, 0.2) is 0 Å². The molecule has 0 atom stereocenters. The third-order valence-corrected chi connectivity index (χ3v) is 4.02. The highest BCUT2D eigenvalue weighted by Gasteiger charge is 2.17. The Labute approximate surface area is 110 Å². The van der Waals surface area contributed by atoms with Crippen molar-refractivity contribution >= 4 is 5.91 Å². The molecule has 2 N–H and O–H groups in total. The molecule has 0 radical (unpaired) electrons. The van der Waals surface area contributed by atoms with Gasteiger partial charge in [0.25, 0.3) is 0 Å². The first kappa shape index (κ1) is 13.8. The number of nitrogens with one attached hydrogen (secondary N) is 2. The summed E-state index contributed by atoms with van der Waals surface area (Å²) in [7, 11) is 2.12. The number of piperidine rings is 1. The van der Waals surface area contributed by atoms with E-state index in [1.54, 1.807) is 0 Å². The minimum Gasteiger partial charge on any atom is -0.317 e. The van der Waals surface area contributed by atoms with E-state index in [0.29, 0.717) is 6.42 Å². The number of piperazine rings is 1. The van der Waals surface area contributed by atoms with Gasteiger partial charge in [-0.05, 0) is 45.3 Å². The third-order valence-electron chi connectivity index (χ3n) is 4.02. The summed E-state index contributed by atoms with van der Waals surface area (Å²) < 4.78 is 0. The van der Waals surface area contributed by atoms with E-state index in [0.717, 1.165) is 51.6 Å². The molecule has 0 aromatic rings. The highest BCUT2D eigenvalue weighted by atomic mass is 16.2. The lowest BCUT2D eigenvalue weighted by Crippen LogP contribution is -2.52. The van der Waals surface area contributed by atoms with Crippen LogP contribution in [0.4, 0.5) is 0 Å². The van der Waals surface area contributed by atoms with Crippen molar-refractivity contribution in [2.75, 3.05) is 46.3 Å². The van der Waals surface area contributed by atoms with E-state index in [1.165, 1.54) is 12.8 Å². The van der Waals surface area contributed by atoms with Crippen molar-refractivity contribution in [3.63, 3.8) is 0 Å². The first-order valence-corrected chi connectivity index (χ1v) is 7.18. The Morgan fingerprint density at radius 1 is 1.22 bits per heavy atom. The van der Waals surface area contributed by atoms with Crippen LogP contribution >= 0.6 is 0 Å². The Balaban J connectivity index is 1.59. The van der Waals surface area contributed by atoms with Crippen LogP contribution in [0.25, 0.3) is 0 Å². The van der Waals surface area contributed by atoms with Crippen LogP contribution in [0, 0.1) is 5.92 Å². The van der Waals surface area contributed by atoms with Gasteiger partial charge in [0.05, 0.1) is 0 Å². The zero-order valence-electron chi connectivity index (χ0n) is 11.5. The van der Waals surface area contributed by atoms with Gasteiger partial charge in [-0.2, -0.15) is 0 Å². The highest BCUT2D eigenvalue weighted by Crippen LogP contribution is 2.17. The molecule has 0 bridgehead atoms. The normalized spacial score (nSPS) is 24.1. The van der Waals surface area contributed by atoms with E-state index in [4.69, 9.17) is 0 Å². The SMILES string of the molecule is CN1CCN(NC(=O)CCC2CCNCC2)CC1. The van der Waals surface area contributed by atoms with Gasteiger partial charge in [-0.1, -0.05) is 0 Å². The summed E-state index contributed by atoms with van der Waals surface area (Å²) in [6.45, 7) is 6.18. The van der Waals surface area contributed by atoms with Crippen LogP contribution in [0.3, 0.4) is 0 Å². The molecule has 104 valence electrons. The molecule has 0 unspecified atom stereocenters. The fourth-order valence-corrected chi connectivity index (χ4v) is 2.66. The van der Waals surface area contributed by atoms with E-state index >= 15 is 0 Å². The van der Waals surface area contributed by atoms with Gasteiger partial charge in [0.2, 0.25) is 5.91 Å². The number of nitrogens with zero attached hydrogens (tertiary/aromatic N) is 2. The van der Waals surface area contributed by atoms with Gasteiger partial charge in [-0.15, -0.1) is 0 Å². The molecule has 0 spiro atoms. The number of carbonyl (C=O) groups excluding carboxylic acids is 1. The van der Waals surface area contributed by atoms with Gasteiger partial charge < -0.3 is 10.2 Å². The number of carbonyl (C=O) groups is 1. The largest absolute Gasteiger partial charge is 0.317 e. The fraction of sp³-hybridized carbons (Fsp3) is 0.923. The number of hydrogen-bond acceptors (Lipinski definition) is 4. The van der Waals surface area contributed by atoms with Gasteiger partial charge in [-0.3, -0.25) is 10.2 Å². The van der Waals surface area contributed by atoms with E-state index in [2.05, 4.69) is 27.7 Å². The van der Waals surface area contributed by atoms with Crippen LogP contribution in [0.5, 0.6) is 0 Å². The molecular formula is C13H26N4O. The molecule has 0 aromatic heterocycles. The molecule has 0 aliphatic carbocycles. The van der Waals surface area contributed by atoms with Crippen molar-refractivity contribution < 1.29 is 4.79 Å². The Bertz CT molecular complexity index is 258. The first-order valence-electron chi connectivity index (χ1n) is 7.18. The van der Waals surface area contributed by atoms with E-state index in [-0.39, 0.29) is 5.91 Å². The van der Waals surface area contributed by atoms with Crippen LogP contribution in [-0.4, -0.2) is 62.1 Å². The monoisotopic (exact) mass is 254 g/mol. The van der Waals surface area contributed by atoms with Crippen molar-refractivity contribution in [1.29, 1.82) is 0 Å². The minimum absolute atomic E-state index is 0.193. The topological polar surface area (TPSA) is 47.6 Å². The summed E-state index contributed by atoms with van der Waals surface area (Å²) in [4.78, 5) is 14.1. The molecule has 2 saturated heterocycles. The molecule has 5 nitrogen and oxygen atoms in total. The molecule has 1 amide bonds. The summed E-state index contributed by atoms with van der Waals surface area (Å²) in [6, 6.07) is 0. The average Bonchev–Trinajstić information content (AvgIpc) is 2.40. The van der Waals surface area contributed by atoms with Gasteiger partial charge in [0.1, 0.15) is 0 Å². The van der Waals surface area contributed by atoms with Crippen LogP contribution < -0.4 is 10.7 Å². The second-order valence-electron chi connectivity index (χ2n) is 5.56. The standard InChI is InChI=1S/C13H26N4O/c1-16-8-10-17(11-9-16)15-13(18)3-2-12-4-6-14-7-5-12/h12,14H,2-11H2,1H3,(H,15,18). The lowest BCUT2D eigenvalue weighted by Gasteiger charge is -2.32. The van der Waals surface area contributed by atoms with Crippen LogP contribution in [0.1, 0.15) is 25.7 Å². The molecule has 2 aliphatic heterocycles. The molecule has 2 heterocycles. The summed E-state index contributed by atoms with van der Waals surface area (Å²) in [5.74, 6) is 0.933. The van der Waals surface area contributed by atoms with Crippen molar-refractivity contribution in [2.45, 2.75) is 25.7 Å². The molecule has 2 aliphatic rings. The fourth-order valence-electron chi connectivity index (χ4n) is 2.66. The highest BCUT2D eigenvalue weighted by molar-refractivity contribution is 5.75. The maximum absolute atomic E-state index is 11.9. The molecular weight excluding hydrogens is 228 g/mol. The maximum Gasteiger partial charge on any atom is 0.234 e. The zero-order chi connectivity index (χ0) is 12.8. The lowest BCUT2D eigenvalue weighted by atomic mass is 9.93. The molecule has 2 rings (SSSR count). The third kappa shape index (κ3) is 4.55. The summed E-state index contributed by atoms with van der Waals surface area (Å²) in [6.07, 6.45) is 4.17. The number of hydrazine groups is 1. The summed E-state index contributed by atoms with van der Waals surface area (Å²) in [5, 5.41) is 5.42. The summed E-state index contributed by atoms with van der Waals surface area (Å²) in [5.41, 5.74) is 3.03. The second kappa shape index (κ2) is 7.07. The first-order chi connectivity index (χ1) is 8.74. The lowest BCUT2D eigenvalue weighted by molar-refractivity contribution is -0.127. The van der Waals surface area contributed by atoms with Crippen molar-refractivity contribution in [1.82, 2.24) is 20.7 Å². The average molecular weight is 254 g/mol. The van der Waals surface area contributed by atoms with E-state index < -0.39 is 0 Å². The molecule has 0 aromatic carbocycles. The van der Waals surface area contributed by atoms with Gasteiger partial charge >= 0.3 is 0 Å². The predicted octanol–water partition coefficient (Wildman–Crippen LogP) is 0.0448. The van der Waals surface area contributed by atoms with Crippen molar-refractivity contribution in [2.24, 2.45) is 5.92 Å². The van der Waals surface area contributed by atoms with Crippen molar-refractivity contribution in [3.8, 4) is 0 Å². The van der Waals surface area contributed by atoms with E-state index in [9.17, 15) is 4.79 Å². The minimum atomic E-state index is 0.193. The molecule has 2 fully saturated rings.